The average Bonchev–Trinajstić information content (AvgIpc) is 2.80. The second-order valence-corrected chi connectivity index (χ2v) is 8.63. The van der Waals surface area contributed by atoms with Gasteiger partial charge < -0.3 is 14.4 Å². The van der Waals surface area contributed by atoms with E-state index < -0.39 is 13.4 Å². The van der Waals surface area contributed by atoms with Crippen LogP contribution in [0.2, 0.25) is 0 Å². The first kappa shape index (κ1) is 19.8. The molecule has 4 rings (SSSR count). The maximum Gasteiger partial charge on any atom is 0.457 e. The molecule has 4 aromatic carbocycles. The van der Waals surface area contributed by atoms with E-state index in [9.17, 15) is 4.57 Å². The normalized spacial score (nSPS) is 12.0. The summed E-state index contributed by atoms with van der Waals surface area (Å²) < 4.78 is 26.5. The quantitative estimate of drug-likeness (QED) is 0.311. The summed E-state index contributed by atoms with van der Waals surface area (Å²) in [6.07, 6.45) is 0. The number of para-hydroxylation sites is 3. The first-order valence-electron chi connectivity index (χ1n) is 9.68. The van der Waals surface area contributed by atoms with Crippen LogP contribution in [0.1, 0.15) is 11.3 Å². The number of hydrogen-bond acceptors (Lipinski definition) is 4. The fourth-order valence-corrected chi connectivity index (χ4v) is 4.98. The van der Waals surface area contributed by atoms with E-state index in [1.807, 2.05) is 97.1 Å². The minimum absolute atomic E-state index is 0.479. The molecule has 150 valence electrons. The Kier molecular flexibility index (Phi) is 6.17. The Labute approximate surface area is 176 Å². The molecule has 4 aromatic rings. The second-order valence-electron chi connectivity index (χ2n) is 6.67. The highest BCUT2D eigenvalue weighted by Crippen LogP contribution is 2.60. The van der Waals surface area contributed by atoms with Crippen LogP contribution in [0.25, 0.3) is 0 Å². The highest BCUT2D eigenvalue weighted by molar-refractivity contribution is 7.55. The Morgan fingerprint density at radius 1 is 0.567 bits per heavy atom. The predicted octanol–water partition coefficient (Wildman–Crippen LogP) is 7.15. The number of nitrogens with one attached hydrogen (secondary N) is 1. The maximum atomic E-state index is 14.4. The lowest BCUT2D eigenvalue weighted by molar-refractivity contribution is 0.376. The molecular weight excluding hydrogens is 393 g/mol. The Hall–Kier alpha value is -3.49. The molecule has 0 saturated carbocycles. The molecule has 0 aliphatic rings. The lowest BCUT2D eigenvalue weighted by atomic mass is 10.2. The maximum absolute atomic E-state index is 14.4. The average molecular weight is 415 g/mol. The van der Waals surface area contributed by atoms with Gasteiger partial charge in [-0.15, -0.1) is 0 Å². The minimum Gasteiger partial charge on any atom is -0.414 e. The third-order valence-corrected chi connectivity index (χ3v) is 6.45. The molecule has 1 N–H and O–H groups in total. The smallest absolute Gasteiger partial charge is 0.414 e. The molecule has 5 heteroatoms. The molecule has 0 radical (unpaired) electrons. The van der Waals surface area contributed by atoms with Gasteiger partial charge >= 0.3 is 7.60 Å². The topological polar surface area (TPSA) is 47.6 Å². The van der Waals surface area contributed by atoms with Crippen LogP contribution in [-0.4, -0.2) is 0 Å². The van der Waals surface area contributed by atoms with Crippen LogP contribution in [0.5, 0.6) is 11.5 Å². The lowest BCUT2D eigenvalue weighted by Gasteiger charge is -2.29. The van der Waals surface area contributed by atoms with Crippen molar-refractivity contribution in [1.82, 2.24) is 0 Å². The van der Waals surface area contributed by atoms with E-state index in [-0.39, 0.29) is 0 Å². The van der Waals surface area contributed by atoms with Crippen molar-refractivity contribution in [3.05, 3.63) is 127 Å². The molecule has 30 heavy (non-hydrogen) atoms. The molecule has 0 aromatic heterocycles. The first-order chi connectivity index (χ1) is 14.7. The van der Waals surface area contributed by atoms with Gasteiger partial charge in [-0.2, -0.15) is 0 Å². The molecule has 0 aliphatic heterocycles. The highest BCUT2D eigenvalue weighted by atomic mass is 31.2. The Morgan fingerprint density at radius 3 is 1.43 bits per heavy atom. The van der Waals surface area contributed by atoms with Crippen LogP contribution in [0.15, 0.2) is 121 Å². The summed E-state index contributed by atoms with van der Waals surface area (Å²) in [7, 11) is -3.77. The molecule has 1 unspecified atom stereocenters. The van der Waals surface area contributed by atoms with Crippen molar-refractivity contribution >= 4 is 13.3 Å². The molecule has 4 nitrogen and oxygen atoms in total. The van der Waals surface area contributed by atoms with Gasteiger partial charge in [-0.3, -0.25) is 0 Å². The Morgan fingerprint density at radius 2 is 0.967 bits per heavy atom. The molecule has 0 aliphatic carbocycles. The second kappa shape index (κ2) is 9.34. The zero-order valence-electron chi connectivity index (χ0n) is 16.3. The SMILES string of the molecule is O=P(Oc1ccccc1)(Oc1ccccc1)C(Nc1ccccc1)c1ccccc1. The van der Waals surface area contributed by atoms with Gasteiger partial charge in [0.15, 0.2) is 5.78 Å². The van der Waals surface area contributed by atoms with Crippen molar-refractivity contribution in [3.8, 4) is 11.5 Å². The summed E-state index contributed by atoms with van der Waals surface area (Å²) >= 11 is 0. The van der Waals surface area contributed by atoms with E-state index in [1.165, 1.54) is 0 Å². The predicted molar refractivity (Wildman–Crippen MR) is 121 cm³/mol. The van der Waals surface area contributed by atoms with Crippen molar-refractivity contribution in [1.29, 1.82) is 0 Å². The van der Waals surface area contributed by atoms with Crippen LogP contribution in [0, 0.1) is 0 Å². The molecule has 0 amide bonds. The third-order valence-electron chi connectivity index (χ3n) is 4.46. The van der Waals surface area contributed by atoms with Crippen molar-refractivity contribution in [2.75, 3.05) is 5.32 Å². The summed E-state index contributed by atoms with van der Waals surface area (Å²) in [6.45, 7) is 0. The van der Waals surface area contributed by atoms with Crippen molar-refractivity contribution in [2.24, 2.45) is 0 Å². The van der Waals surface area contributed by atoms with Crippen LogP contribution < -0.4 is 14.4 Å². The molecule has 0 fully saturated rings. The van der Waals surface area contributed by atoms with Gasteiger partial charge in [0.2, 0.25) is 0 Å². The summed E-state index contributed by atoms with van der Waals surface area (Å²) in [4.78, 5) is 0. The lowest BCUT2D eigenvalue weighted by Crippen LogP contribution is -2.18. The van der Waals surface area contributed by atoms with Gasteiger partial charge in [0.1, 0.15) is 11.5 Å². The van der Waals surface area contributed by atoms with Gasteiger partial charge in [-0.1, -0.05) is 84.9 Å². The van der Waals surface area contributed by atoms with E-state index in [1.54, 1.807) is 24.3 Å². The van der Waals surface area contributed by atoms with Gasteiger partial charge in [-0.25, -0.2) is 4.57 Å². The van der Waals surface area contributed by atoms with Crippen molar-refractivity contribution in [2.45, 2.75) is 5.78 Å². The van der Waals surface area contributed by atoms with E-state index in [0.717, 1.165) is 11.3 Å². The zero-order chi connectivity index (χ0) is 20.7. The Bertz CT molecular complexity index is 1040. The molecule has 0 heterocycles. The van der Waals surface area contributed by atoms with Gasteiger partial charge in [0, 0.05) is 5.69 Å². The van der Waals surface area contributed by atoms with Crippen molar-refractivity contribution < 1.29 is 13.6 Å². The van der Waals surface area contributed by atoms with E-state index in [2.05, 4.69) is 5.32 Å². The number of rotatable bonds is 8. The number of benzene rings is 4. The van der Waals surface area contributed by atoms with E-state index >= 15 is 0 Å². The number of hydrogen-bond donors (Lipinski definition) is 1. The zero-order valence-corrected chi connectivity index (χ0v) is 17.2. The summed E-state index contributed by atoms with van der Waals surface area (Å²) in [5, 5.41) is 3.36. The summed E-state index contributed by atoms with van der Waals surface area (Å²) in [6, 6.07) is 37.4. The molecule has 1 atom stereocenters. The Balaban J connectivity index is 1.78. The third kappa shape index (κ3) is 4.91. The largest absolute Gasteiger partial charge is 0.457 e. The highest BCUT2D eigenvalue weighted by Gasteiger charge is 2.41. The molecule has 0 saturated heterocycles. The van der Waals surface area contributed by atoms with Crippen LogP contribution in [0.4, 0.5) is 5.69 Å². The standard InChI is InChI=1S/C25H22NO3P/c27-30(28-23-17-9-3-10-18-23,29-24-19-11-4-12-20-24)25(21-13-5-1-6-14-21)26-22-15-7-2-8-16-22/h1-20,25-26H. The van der Waals surface area contributed by atoms with E-state index in [4.69, 9.17) is 9.05 Å². The van der Waals surface area contributed by atoms with Gasteiger partial charge in [0.05, 0.1) is 0 Å². The van der Waals surface area contributed by atoms with E-state index in [0.29, 0.717) is 11.5 Å². The molecule has 0 spiro atoms. The molecule has 0 bridgehead atoms. The van der Waals surface area contributed by atoms with Gasteiger partial charge in [0.25, 0.3) is 0 Å². The molecular formula is C25H22NO3P. The minimum atomic E-state index is -3.77. The number of anilines is 1. The fraction of sp³-hybridized carbons (Fsp3) is 0.0400. The monoisotopic (exact) mass is 415 g/mol. The summed E-state index contributed by atoms with van der Waals surface area (Å²) in [5.41, 5.74) is 1.62. The fourth-order valence-electron chi connectivity index (χ4n) is 3.05. The van der Waals surface area contributed by atoms with Crippen LogP contribution in [0.3, 0.4) is 0 Å². The van der Waals surface area contributed by atoms with Crippen molar-refractivity contribution in [3.63, 3.8) is 0 Å². The summed E-state index contributed by atoms with van der Waals surface area (Å²) in [5.74, 6) is 0.238. The van der Waals surface area contributed by atoms with Crippen LogP contribution in [-0.2, 0) is 4.57 Å². The van der Waals surface area contributed by atoms with Gasteiger partial charge in [-0.05, 0) is 42.0 Å². The first-order valence-corrected chi connectivity index (χ1v) is 11.3. The van der Waals surface area contributed by atoms with Crippen LogP contribution >= 0.6 is 7.60 Å².